The lowest BCUT2D eigenvalue weighted by Crippen LogP contribution is -2.37. The highest BCUT2D eigenvalue weighted by Crippen LogP contribution is 2.05. The van der Waals surface area contributed by atoms with Crippen molar-refractivity contribution >= 4 is 18.0 Å². The summed E-state index contributed by atoms with van der Waals surface area (Å²) in [5.74, 6) is -1.74. The Morgan fingerprint density at radius 1 is 1.11 bits per heavy atom. The Hall–Kier alpha value is -2.05. The molecule has 18 heavy (non-hydrogen) atoms. The van der Waals surface area contributed by atoms with Crippen LogP contribution in [0.1, 0.15) is 20.8 Å². The van der Waals surface area contributed by atoms with Gasteiger partial charge in [-0.15, -0.1) is 0 Å². The van der Waals surface area contributed by atoms with Crippen LogP contribution in [-0.4, -0.2) is 41.8 Å². The van der Waals surface area contributed by atoms with Crippen LogP contribution >= 0.6 is 0 Å². The van der Waals surface area contributed by atoms with E-state index in [1.54, 1.807) is 20.8 Å². The number of carboxylic acid groups (broad SMARTS) is 1. The molecular formula is C11H18N2O5. The van der Waals surface area contributed by atoms with Gasteiger partial charge in [0.2, 0.25) is 5.91 Å². The summed E-state index contributed by atoms with van der Waals surface area (Å²) in [7, 11) is 0. The molecule has 0 aromatic carbocycles. The maximum absolute atomic E-state index is 11.2. The molecule has 0 aliphatic rings. The van der Waals surface area contributed by atoms with Gasteiger partial charge in [0.1, 0.15) is 5.60 Å². The summed E-state index contributed by atoms with van der Waals surface area (Å²) in [6.45, 7) is 5.60. The quantitative estimate of drug-likeness (QED) is 0.485. The van der Waals surface area contributed by atoms with E-state index < -0.39 is 23.6 Å². The lowest BCUT2D eigenvalue weighted by molar-refractivity contribution is -0.131. The van der Waals surface area contributed by atoms with Gasteiger partial charge in [-0.3, -0.25) is 4.79 Å². The fourth-order valence-corrected chi connectivity index (χ4v) is 0.870. The van der Waals surface area contributed by atoms with Gasteiger partial charge >= 0.3 is 12.1 Å². The van der Waals surface area contributed by atoms with Crippen molar-refractivity contribution in [2.45, 2.75) is 26.4 Å². The fraction of sp³-hybridized carbons (Fsp3) is 0.545. The number of alkyl carbamates (subject to hydrolysis) is 1. The van der Waals surface area contributed by atoms with E-state index in [1.807, 2.05) is 0 Å². The Morgan fingerprint density at radius 3 is 2.17 bits per heavy atom. The van der Waals surface area contributed by atoms with E-state index in [-0.39, 0.29) is 13.1 Å². The SMILES string of the molecule is CC(C)(C)OC(=O)NCCNC(=O)/C=C\C(=O)O. The molecule has 0 aliphatic carbocycles. The van der Waals surface area contributed by atoms with Gasteiger partial charge in [-0.05, 0) is 20.8 Å². The van der Waals surface area contributed by atoms with E-state index in [2.05, 4.69) is 10.6 Å². The van der Waals surface area contributed by atoms with Crippen molar-refractivity contribution in [2.75, 3.05) is 13.1 Å². The number of nitrogens with one attached hydrogen (secondary N) is 2. The number of hydrogen-bond acceptors (Lipinski definition) is 4. The first-order chi connectivity index (χ1) is 8.20. The largest absolute Gasteiger partial charge is 0.478 e. The van der Waals surface area contributed by atoms with Crippen molar-refractivity contribution in [1.29, 1.82) is 0 Å². The second kappa shape index (κ2) is 7.31. The Balaban J connectivity index is 3.71. The molecule has 0 aliphatic heterocycles. The Kier molecular flexibility index (Phi) is 6.48. The van der Waals surface area contributed by atoms with Gasteiger partial charge in [0.15, 0.2) is 0 Å². The second-order valence-corrected chi connectivity index (χ2v) is 4.39. The molecule has 3 N–H and O–H groups in total. The van der Waals surface area contributed by atoms with Gasteiger partial charge in [0, 0.05) is 25.2 Å². The summed E-state index contributed by atoms with van der Waals surface area (Å²) >= 11 is 0. The standard InChI is InChI=1S/C11H18N2O5/c1-11(2,3)18-10(17)13-7-6-12-8(14)4-5-9(15)16/h4-5H,6-7H2,1-3H3,(H,12,14)(H,13,17)(H,15,16)/b5-4-. The summed E-state index contributed by atoms with van der Waals surface area (Å²) in [5.41, 5.74) is -0.572. The van der Waals surface area contributed by atoms with E-state index in [1.165, 1.54) is 0 Å². The van der Waals surface area contributed by atoms with E-state index in [0.29, 0.717) is 0 Å². The lowest BCUT2D eigenvalue weighted by atomic mass is 10.2. The van der Waals surface area contributed by atoms with Gasteiger partial charge in [0.05, 0.1) is 0 Å². The highest BCUT2D eigenvalue weighted by atomic mass is 16.6. The number of ether oxygens (including phenoxy) is 1. The maximum atomic E-state index is 11.2. The molecule has 0 aromatic heterocycles. The number of carbonyl (C=O) groups excluding carboxylic acids is 2. The predicted octanol–water partition coefficient (Wildman–Crippen LogP) is 0.268. The average molecular weight is 258 g/mol. The molecule has 0 saturated carbocycles. The zero-order chi connectivity index (χ0) is 14.2. The number of carboxylic acids is 1. The smallest absolute Gasteiger partial charge is 0.407 e. The minimum Gasteiger partial charge on any atom is -0.478 e. The minimum absolute atomic E-state index is 0.183. The lowest BCUT2D eigenvalue weighted by Gasteiger charge is -2.19. The maximum Gasteiger partial charge on any atom is 0.407 e. The number of hydrogen-bond donors (Lipinski definition) is 3. The van der Waals surface area contributed by atoms with E-state index in [0.717, 1.165) is 12.2 Å². The van der Waals surface area contributed by atoms with Crippen molar-refractivity contribution in [2.24, 2.45) is 0 Å². The zero-order valence-corrected chi connectivity index (χ0v) is 10.6. The first kappa shape index (κ1) is 16.0. The van der Waals surface area contributed by atoms with Crippen molar-refractivity contribution < 1.29 is 24.2 Å². The van der Waals surface area contributed by atoms with Crippen LogP contribution in [0.3, 0.4) is 0 Å². The van der Waals surface area contributed by atoms with Crippen LogP contribution in [0.25, 0.3) is 0 Å². The Morgan fingerprint density at radius 2 is 1.67 bits per heavy atom. The third kappa shape index (κ3) is 10.5. The van der Waals surface area contributed by atoms with Crippen LogP contribution in [0.2, 0.25) is 0 Å². The summed E-state index contributed by atoms with van der Waals surface area (Å²) < 4.78 is 4.97. The van der Waals surface area contributed by atoms with Crippen LogP contribution in [0.5, 0.6) is 0 Å². The third-order valence-electron chi connectivity index (χ3n) is 1.47. The first-order valence-electron chi connectivity index (χ1n) is 5.36. The van der Waals surface area contributed by atoms with Gasteiger partial charge in [-0.1, -0.05) is 0 Å². The van der Waals surface area contributed by atoms with E-state index in [9.17, 15) is 14.4 Å². The molecule has 0 spiro atoms. The predicted molar refractivity (Wildman–Crippen MR) is 64.0 cm³/mol. The molecule has 102 valence electrons. The first-order valence-corrected chi connectivity index (χ1v) is 5.36. The van der Waals surface area contributed by atoms with E-state index in [4.69, 9.17) is 9.84 Å². The van der Waals surface area contributed by atoms with Gasteiger partial charge in [0.25, 0.3) is 0 Å². The molecule has 0 saturated heterocycles. The molecule has 0 rings (SSSR count). The Labute approximate surface area is 105 Å². The van der Waals surface area contributed by atoms with Crippen LogP contribution in [0.4, 0.5) is 4.79 Å². The third-order valence-corrected chi connectivity index (χ3v) is 1.47. The monoisotopic (exact) mass is 258 g/mol. The summed E-state index contributed by atoms with van der Waals surface area (Å²) in [6, 6.07) is 0. The van der Waals surface area contributed by atoms with E-state index >= 15 is 0 Å². The molecule has 0 heterocycles. The van der Waals surface area contributed by atoms with Crippen molar-refractivity contribution in [3.63, 3.8) is 0 Å². The van der Waals surface area contributed by atoms with Crippen LogP contribution in [0, 0.1) is 0 Å². The Bertz CT molecular complexity index is 344. The van der Waals surface area contributed by atoms with Gasteiger partial charge in [-0.2, -0.15) is 0 Å². The molecule has 0 fully saturated rings. The van der Waals surface area contributed by atoms with Crippen LogP contribution in [0.15, 0.2) is 12.2 Å². The average Bonchev–Trinajstić information content (AvgIpc) is 2.19. The highest BCUT2D eigenvalue weighted by molar-refractivity contribution is 5.93. The molecule has 0 radical (unpaired) electrons. The number of aliphatic carboxylic acids is 1. The molecule has 2 amide bonds. The molecule has 0 aromatic rings. The number of rotatable bonds is 5. The summed E-state index contributed by atoms with van der Waals surface area (Å²) in [6.07, 6.45) is 1.06. The second-order valence-electron chi connectivity index (χ2n) is 4.39. The highest BCUT2D eigenvalue weighted by Gasteiger charge is 2.15. The molecular weight excluding hydrogens is 240 g/mol. The molecule has 0 bridgehead atoms. The molecule has 0 atom stereocenters. The van der Waals surface area contributed by atoms with Crippen molar-refractivity contribution in [3.8, 4) is 0 Å². The number of carbonyl (C=O) groups is 3. The minimum atomic E-state index is -1.20. The topological polar surface area (TPSA) is 105 Å². The normalized spacial score (nSPS) is 11.1. The van der Waals surface area contributed by atoms with Crippen LogP contribution < -0.4 is 10.6 Å². The molecule has 0 unspecified atom stereocenters. The molecule has 7 heteroatoms. The van der Waals surface area contributed by atoms with Gasteiger partial charge < -0.3 is 20.5 Å². The fourth-order valence-electron chi connectivity index (χ4n) is 0.870. The van der Waals surface area contributed by atoms with Crippen molar-refractivity contribution in [1.82, 2.24) is 10.6 Å². The summed E-state index contributed by atoms with van der Waals surface area (Å²) in [5, 5.41) is 13.1. The van der Waals surface area contributed by atoms with Crippen LogP contribution in [-0.2, 0) is 14.3 Å². The molecule has 7 nitrogen and oxygen atoms in total. The summed E-state index contributed by atoms with van der Waals surface area (Å²) in [4.78, 5) is 32.3. The van der Waals surface area contributed by atoms with Crippen molar-refractivity contribution in [3.05, 3.63) is 12.2 Å². The number of amides is 2. The zero-order valence-electron chi connectivity index (χ0n) is 10.6. The van der Waals surface area contributed by atoms with Gasteiger partial charge in [-0.25, -0.2) is 9.59 Å².